The first-order valence-electron chi connectivity index (χ1n) is 10.2. The standard InChI is InChI=1S/C22H27Cl2N3O3S/c1-14-12-15(2)17(4)22(16(14)3)31(29,30)27-10-8-26(9-11-27)13-20(28)25-21-18(23)6-5-7-19(21)24/h5-7,12H,8-11,13H2,1-4H3,(H,25,28)/p+1. The monoisotopic (exact) mass is 484 g/mol. The van der Waals surface area contributed by atoms with E-state index >= 15 is 0 Å². The molecule has 1 fully saturated rings. The van der Waals surface area contributed by atoms with Gasteiger partial charge in [-0.2, -0.15) is 4.31 Å². The molecule has 1 amide bonds. The summed E-state index contributed by atoms with van der Waals surface area (Å²) in [5.41, 5.74) is 3.95. The number of halogens is 2. The number of para-hydroxylation sites is 1. The molecule has 0 spiro atoms. The largest absolute Gasteiger partial charge is 0.325 e. The lowest BCUT2D eigenvalue weighted by atomic mass is 10.0. The van der Waals surface area contributed by atoms with Crippen molar-refractivity contribution in [2.45, 2.75) is 32.6 Å². The highest BCUT2D eigenvalue weighted by molar-refractivity contribution is 7.89. The van der Waals surface area contributed by atoms with E-state index < -0.39 is 10.0 Å². The molecule has 3 rings (SSSR count). The lowest BCUT2D eigenvalue weighted by molar-refractivity contribution is -0.895. The summed E-state index contributed by atoms with van der Waals surface area (Å²) < 4.78 is 28.3. The number of anilines is 1. The van der Waals surface area contributed by atoms with Crippen molar-refractivity contribution < 1.29 is 18.1 Å². The highest BCUT2D eigenvalue weighted by atomic mass is 35.5. The van der Waals surface area contributed by atoms with E-state index in [1.807, 2.05) is 33.8 Å². The Morgan fingerprint density at radius 3 is 2.06 bits per heavy atom. The average molecular weight is 485 g/mol. The summed E-state index contributed by atoms with van der Waals surface area (Å²) in [7, 11) is -3.60. The number of hydrogen-bond acceptors (Lipinski definition) is 3. The topological polar surface area (TPSA) is 70.9 Å². The van der Waals surface area contributed by atoms with Crippen molar-refractivity contribution >= 4 is 44.8 Å². The lowest BCUT2D eigenvalue weighted by Gasteiger charge is -2.32. The quantitative estimate of drug-likeness (QED) is 0.685. The first-order chi connectivity index (χ1) is 14.5. The van der Waals surface area contributed by atoms with E-state index in [9.17, 15) is 13.2 Å². The minimum atomic E-state index is -3.60. The van der Waals surface area contributed by atoms with Crippen LogP contribution in [0.5, 0.6) is 0 Å². The Hall–Kier alpha value is -1.64. The second kappa shape index (κ2) is 9.46. The molecule has 0 aliphatic carbocycles. The maximum atomic E-state index is 13.4. The van der Waals surface area contributed by atoms with E-state index in [1.165, 1.54) is 4.31 Å². The maximum absolute atomic E-state index is 13.4. The second-order valence-electron chi connectivity index (χ2n) is 8.07. The molecule has 6 nitrogen and oxygen atoms in total. The number of rotatable bonds is 5. The van der Waals surface area contributed by atoms with Gasteiger partial charge in [-0.25, -0.2) is 8.42 Å². The number of nitrogens with zero attached hydrogens (tertiary/aromatic N) is 1. The van der Waals surface area contributed by atoms with Gasteiger partial charge >= 0.3 is 0 Å². The minimum absolute atomic E-state index is 0.206. The molecule has 0 unspecified atom stereocenters. The molecule has 2 aromatic carbocycles. The van der Waals surface area contributed by atoms with E-state index in [2.05, 4.69) is 5.32 Å². The lowest BCUT2D eigenvalue weighted by Crippen LogP contribution is -3.15. The average Bonchev–Trinajstić information content (AvgIpc) is 2.70. The Labute approximate surface area is 194 Å². The maximum Gasteiger partial charge on any atom is 0.279 e. The summed E-state index contributed by atoms with van der Waals surface area (Å²) >= 11 is 12.2. The highest BCUT2D eigenvalue weighted by Gasteiger charge is 2.33. The van der Waals surface area contributed by atoms with Crippen molar-refractivity contribution in [1.29, 1.82) is 0 Å². The fourth-order valence-corrected chi connectivity index (χ4v) is 6.45. The van der Waals surface area contributed by atoms with Crippen LogP contribution in [0, 0.1) is 27.7 Å². The van der Waals surface area contributed by atoms with Gasteiger partial charge in [-0.3, -0.25) is 4.79 Å². The highest BCUT2D eigenvalue weighted by Crippen LogP contribution is 2.30. The van der Waals surface area contributed by atoms with Crippen molar-refractivity contribution in [3.63, 3.8) is 0 Å². The van der Waals surface area contributed by atoms with Crippen molar-refractivity contribution in [1.82, 2.24) is 4.31 Å². The summed E-state index contributed by atoms with van der Waals surface area (Å²) in [5, 5.41) is 3.53. The van der Waals surface area contributed by atoms with Gasteiger partial charge in [-0.15, -0.1) is 0 Å². The fourth-order valence-electron chi connectivity index (χ4n) is 3.94. The van der Waals surface area contributed by atoms with Gasteiger partial charge in [-0.05, 0) is 62.1 Å². The Bertz CT molecular complexity index is 1060. The number of aryl methyl sites for hydroxylation is 2. The zero-order valence-electron chi connectivity index (χ0n) is 18.2. The van der Waals surface area contributed by atoms with Crippen LogP contribution in [-0.2, 0) is 14.8 Å². The minimum Gasteiger partial charge on any atom is -0.325 e. The third-order valence-electron chi connectivity index (χ3n) is 5.96. The van der Waals surface area contributed by atoms with Gasteiger partial charge in [0.05, 0.1) is 46.8 Å². The third-order valence-corrected chi connectivity index (χ3v) is 8.77. The molecule has 9 heteroatoms. The zero-order valence-corrected chi connectivity index (χ0v) is 20.5. The van der Waals surface area contributed by atoms with Crippen LogP contribution in [-0.4, -0.2) is 51.4 Å². The first-order valence-corrected chi connectivity index (χ1v) is 12.4. The number of carbonyl (C=O) groups is 1. The van der Waals surface area contributed by atoms with E-state index in [-0.39, 0.29) is 12.5 Å². The second-order valence-corrected chi connectivity index (χ2v) is 10.8. The van der Waals surface area contributed by atoms with Gasteiger partial charge < -0.3 is 10.2 Å². The molecular formula is C22H28Cl2N3O3S+. The van der Waals surface area contributed by atoms with E-state index in [0.717, 1.165) is 27.2 Å². The van der Waals surface area contributed by atoms with Crippen LogP contribution < -0.4 is 10.2 Å². The molecule has 2 N–H and O–H groups in total. The van der Waals surface area contributed by atoms with E-state index in [4.69, 9.17) is 23.2 Å². The molecule has 2 aromatic rings. The van der Waals surface area contributed by atoms with Crippen LogP contribution in [0.15, 0.2) is 29.2 Å². The van der Waals surface area contributed by atoms with Crippen molar-refractivity contribution in [2.24, 2.45) is 0 Å². The van der Waals surface area contributed by atoms with Gasteiger partial charge in [0.15, 0.2) is 6.54 Å². The SMILES string of the molecule is Cc1cc(C)c(C)c(S(=O)(=O)N2CC[NH+](CC(=O)Nc3c(Cl)cccc3Cl)CC2)c1C. The van der Waals surface area contributed by atoms with E-state index in [1.54, 1.807) is 18.2 Å². The van der Waals surface area contributed by atoms with Crippen molar-refractivity contribution in [3.8, 4) is 0 Å². The number of hydrogen-bond donors (Lipinski definition) is 2. The van der Waals surface area contributed by atoms with Crippen LogP contribution in [0.25, 0.3) is 0 Å². The fraction of sp³-hybridized carbons (Fsp3) is 0.409. The normalized spacial score (nSPS) is 15.8. The first kappa shape index (κ1) is 24.0. The predicted molar refractivity (Wildman–Crippen MR) is 125 cm³/mol. The summed E-state index contributed by atoms with van der Waals surface area (Å²) in [6.45, 7) is 9.64. The predicted octanol–water partition coefficient (Wildman–Crippen LogP) is 2.75. The molecule has 0 saturated carbocycles. The van der Waals surface area contributed by atoms with Crippen LogP contribution in [0.1, 0.15) is 22.3 Å². The van der Waals surface area contributed by atoms with Gasteiger partial charge in [0.2, 0.25) is 10.0 Å². The molecule has 1 aliphatic heterocycles. The smallest absolute Gasteiger partial charge is 0.279 e. The van der Waals surface area contributed by atoms with Crippen molar-refractivity contribution in [3.05, 3.63) is 56.6 Å². The molecule has 1 aliphatic rings. The number of carbonyl (C=O) groups excluding carboxylic acids is 1. The van der Waals surface area contributed by atoms with Crippen molar-refractivity contribution in [2.75, 3.05) is 38.0 Å². The molecular weight excluding hydrogens is 457 g/mol. The summed E-state index contributed by atoms with van der Waals surface area (Å²) in [5.74, 6) is -0.206. The summed E-state index contributed by atoms with van der Waals surface area (Å²) in [6, 6.07) is 7.06. The molecule has 0 radical (unpaired) electrons. The Kier molecular flexibility index (Phi) is 7.33. The van der Waals surface area contributed by atoms with Crippen LogP contribution >= 0.6 is 23.2 Å². The number of quaternary nitrogens is 1. The molecule has 168 valence electrons. The molecule has 1 saturated heterocycles. The number of nitrogens with one attached hydrogen (secondary N) is 2. The molecule has 1 heterocycles. The van der Waals surface area contributed by atoms with E-state index in [0.29, 0.717) is 46.8 Å². The van der Waals surface area contributed by atoms with Crippen LogP contribution in [0.4, 0.5) is 5.69 Å². The van der Waals surface area contributed by atoms with Gasteiger partial charge in [-0.1, -0.05) is 35.3 Å². The Morgan fingerprint density at radius 2 is 1.55 bits per heavy atom. The number of benzene rings is 2. The Morgan fingerprint density at radius 1 is 1.03 bits per heavy atom. The number of piperazine rings is 1. The number of amides is 1. The summed E-state index contributed by atoms with van der Waals surface area (Å²) in [6.07, 6.45) is 0. The molecule has 0 bridgehead atoms. The van der Waals surface area contributed by atoms with Gasteiger partial charge in [0.25, 0.3) is 5.91 Å². The summed E-state index contributed by atoms with van der Waals surface area (Å²) in [4.78, 5) is 13.9. The van der Waals surface area contributed by atoms with Crippen LogP contribution in [0.3, 0.4) is 0 Å². The molecule has 31 heavy (non-hydrogen) atoms. The van der Waals surface area contributed by atoms with Gasteiger partial charge in [0, 0.05) is 0 Å². The van der Waals surface area contributed by atoms with Gasteiger partial charge in [0.1, 0.15) is 0 Å². The molecule has 0 atom stereocenters. The molecule has 0 aromatic heterocycles. The zero-order chi connectivity index (χ0) is 22.9. The third kappa shape index (κ3) is 5.07. The Balaban J connectivity index is 1.66. The number of sulfonamides is 1. The van der Waals surface area contributed by atoms with Crippen LogP contribution in [0.2, 0.25) is 10.0 Å².